The third kappa shape index (κ3) is 20.6. The fourth-order valence-electron chi connectivity index (χ4n) is 16.8. The Morgan fingerprint density at radius 1 is 0.341 bits per heavy atom. The molecule has 0 atom stereocenters. The summed E-state index contributed by atoms with van der Waals surface area (Å²) in [5.74, 6) is 4.62. The monoisotopic (exact) mass is 2050 g/mol. The Morgan fingerprint density at radius 2 is 0.606 bits per heavy atom. The first kappa shape index (κ1) is 97.3. The maximum absolute atomic E-state index is 12.1. The quantitative estimate of drug-likeness (QED) is 0.0261. The minimum atomic E-state index is -0.520. The zero-order valence-corrected chi connectivity index (χ0v) is 87.8. The number of unbranched alkanes of at least 4 members (excludes halogenated alkanes) is 2. The molecule has 0 spiro atoms. The Morgan fingerprint density at radius 3 is 0.894 bits per heavy atom. The van der Waals surface area contributed by atoms with Crippen molar-refractivity contribution >= 4 is 157 Å². The van der Waals surface area contributed by atoms with E-state index in [1.807, 2.05) is 91.9 Å². The largest absolute Gasteiger partial charge is 0.509 e. The second-order valence-electron chi connectivity index (χ2n) is 41.8. The first-order valence-corrected chi connectivity index (χ1v) is 51.0. The summed E-state index contributed by atoms with van der Waals surface area (Å²) in [6.07, 6.45) is 3.52. The van der Waals surface area contributed by atoms with Crippen molar-refractivity contribution in [3.63, 3.8) is 0 Å². The van der Waals surface area contributed by atoms with Gasteiger partial charge in [-0.15, -0.1) is 34.0 Å². The van der Waals surface area contributed by atoms with E-state index in [0.717, 1.165) is 151 Å². The van der Waals surface area contributed by atoms with Crippen LogP contribution >= 0.6 is 79.2 Å². The van der Waals surface area contributed by atoms with Gasteiger partial charge >= 0.3 is 7.12 Å². The number of rotatable bonds is 24. The molecule has 2 N–H and O–H groups in total. The van der Waals surface area contributed by atoms with Crippen LogP contribution in [0.4, 0.5) is 0 Å². The van der Waals surface area contributed by atoms with Gasteiger partial charge in [-0.2, -0.15) is 0 Å². The fraction of sp³-hybridized carbons (Fsp3) is 0.363. The summed E-state index contributed by atoms with van der Waals surface area (Å²) >= 11 is 9.26. The molecule has 0 saturated carbocycles. The van der Waals surface area contributed by atoms with E-state index >= 15 is 0 Å². The molecule has 0 unspecified atom stereocenters. The van der Waals surface area contributed by atoms with Crippen LogP contribution in [-0.2, 0) is 46.5 Å². The van der Waals surface area contributed by atoms with Crippen LogP contribution in [0.3, 0.4) is 0 Å². The Hall–Kier alpha value is -9.30. The Balaban J connectivity index is 0.000000184. The number of thiophene rings is 3. The summed E-state index contributed by atoms with van der Waals surface area (Å²) in [4.78, 5) is 1.55. The molecule has 0 aliphatic carbocycles. The molecule has 0 bridgehead atoms. The van der Waals surface area contributed by atoms with Crippen molar-refractivity contribution in [2.75, 3.05) is 39.8 Å². The summed E-state index contributed by atoms with van der Waals surface area (Å²) in [6, 6.07) is 72.9. The van der Waals surface area contributed by atoms with Crippen LogP contribution in [0, 0.1) is 7.14 Å². The van der Waals surface area contributed by atoms with Gasteiger partial charge in [0.15, 0.2) is 24.0 Å². The molecule has 132 heavy (non-hydrogen) atoms. The van der Waals surface area contributed by atoms with Gasteiger partial charge in [-0.3, -0.25) is 0 Å². The van der Waals surface area contributed by atoms with E-state index in [9.17, 15) is 10.2 Å². The van der Waals surface area contributed by atoms with Crippen molar-refractivity contribution in [1.82, 2.24) is 13.7 Å². The van der Waals surface area contributed by atoms with E-state index < -0.39 is 18.3 Å². The van der Waals surface area contributed by atoms with Crippen molar-refractivity contribution < 1.29 is 47.9 Å². The molecule has 17 rings (SSSR count). The van der Waals surface area contributed by atoms with Gasteiger partial charge in [0.25, 0.3) is 0 Å². The molecule has 1 fully saturated rings. The van der Waals surface area contributed by atoms with E-state index in [1.165, 1.54) is 88.4 Å². The van der Waals surface area contributed by atoms with Gasteiger partial charge in [0, 0.05) is 66.2 Å². The van der Waals surface area contributed by atoms with Crippen LogP contribution < -0.4 is 28.5 Å². The lowest BCUT2D eigenvalue weighted by Gasteiger charge is -2.32. The zero-order chi connectivity index (χ0) is 94.5. The average Bonchev–Trinajstić information content (AvgIpc) is 1.58. The van der Waals surface area contributed by atoms with Gasteiger partial charge in [0.05, 0.1) is 109 Å². The number of hydrogen-bond donors (Lipinski definition) is 2. The molecule has 10 aromatic carbocycles. The van der Waals surface area contributed by atoms with E-state index in [-0.39, 0.29) is 50.8 Å². The number of para-hydroxylation sites is 4. The highest BCUT2D eigenvalue weighted by atomic mass is 127. The van der Waals surface area contributed by atoms with Gasteiger partial charge in [-0.05, 0) is 293 Å². The van der Waals surface area contributed by atoms with Crippen LogP contribution in [0.25, 0.3) is 103 Å². The zero-order valence-electron chi connectivity index (χ0n) is 81.0. The Bertz CT molecular complexity index is 6340. The van der Waals surface area contributed by atoms with Gasteiger partial charge in [0.2, 0.25) is 0 Å². The van der Waals surface area contributed by atoms with Crippen LogP contribution in [-0.4, -0.2) is 82.1 Å². The smallest absolute Gasteiger partial charge is 0.504 e. The normalized spacial score (nSPS) is 13.8. The second-order valence-corrected chi connectivity index (χ2v) is 46.8. The third-order valence-electron chi connectivity index (χ3n) is 25.5. The first-order chi connectivity index (χ1) is 62.4. The van der Waals surface area contributed by atoms with Crippen molar-refractivity contribution in [2.45, 2.75) is 229 Å². The molecule has 19 heteroatoms. The summed E-state index contributed by atoms with van der Waals surface area (Å²) in [6.45, 7) is 54.1. The molecular formula is C113H128BI2N3O10S3. The second kappa shape index (κ2) is 38.8. The number of halogens is 2. The maximum Gasteiger partial charge on any atom is 0.509 e. The number of ether oxygens (including phenoxy) is 6. The van der Waals surface area contributed by atoms with Crippen LogP contribution in [0.1, 0.15) is 218 Å². The number of aromatic hydroxyl groups is 2. The van der Waals surface area contributed by atoms with Gasteiger partial charge in [-0.25, -0.2) is 0 Å². The maximum atomic E-state index is 12.1. The number of aromatic nitrogens is 3. The molecule has 13 nitrogen and oxygen atoms in total. The lowest BCUT2D eigenvalue weighted by atomic mass is 9.85. The highest BCUT2D eigenvalue weighted by molar-refractivity contribution is 14.1. The lowest BCUT2D eigenvalue weighted by Crippen LogP contribution is -2.41. The van der Waals surface area contributed by atoms with Crippen molar-refractivity contribution in [1.29, 1.82) is 0 Å². The predicted octanol–water partition coefficient (Wildman–Crippen LogP) is 31.4. The summed E-state index contributed by atoms with van der Waals surface area (Å²) in [5, 5.41) is 37.8. The van der Waals surface area contributed by atoms with Crippen LogP contribution in [0.15, 0.2) is 222 Å². The van der Waals surface area contributed by atoms with E-state index in [1.54, 1.807) is 11.3 Å². The minimum absolute atomic E-state index is 0.00380. The van der Waals surface area contributed by atoms with Gasteiger partial charge in [-0.1, -0.05) is 210 Å². The van der Waals surface area contributed by atoms with E-state index in [0.29, 0.717) is 19.8 Å². The van der Waals surface area contributed by atoms with Crippen molar-refractivity contribution in [3.05, 3.63) is 263 Å². The first-order valence-electron chi connectivity index (χ1n) is 46.2. The molecule has 7 heterocycles. The number of fused-ring (bicyclic) bond motifs is 9. The molecule has 1 aliphatic rings. The highest BCUT2D eigenvalue weighted by Crippen LogP contribution is 2.52. The van der Waals surface area contributed by atoms with E-state index in [2.05, 4.69) is 349 Å². The lowest BCUT2D eigenvalue weighted by molar-refractivity contribution is 0.00578. The topological polar surface area (TPSA) is 129 Å². The van der Waals surface area contributed by atoms with Crippen LogP contribution in [0.5, 0.6) is 40.2 Å². The molecular weight excluding hydrogens is 1920 g/mol. The molecule has 690 valence electrons. The third-order valence-corrected chi connectivity index (χ3v) is 30.2. The summed E-state index contributed by atoms with van der Waals surface area (Å²) < 4.78 is 59.4. The predicted molar refractivity (Wildman–Crippen MR) is 574 cm³/mol. The summed E-state index contributed by atoms with van der Waals surface area (Å²) in [7, 11) is -0.520. The van der Waals surface area contributed by atoms with E-state index in [4.69, 9.17) is 37.7 Å². The molecule has 16 aromatic rings. The number of nitrogens with zero attached hydrogens (tertiary/aromatic N) is 3. The molecule has 0 radical (unpaired) electrons. The fourth-order valence-corrected chi connectivity index (χ4v) is 20.7. The molecule has 6 aromatic heterocycles. The number of benzene rings is 10. The highest BCUT2D eigenvalue weighted by Gasteiger charge is 2.54. The molecule has 1 aliphatic heterocycles. The Labute approximate surface area is 820 Å². The van der Waals surface area contributed by atoms with Gasteiger partial charge in [0.1, 0.15) is 23.0 Å². The number of hydrogen-bond acceptors (Lipinski definition) is 13. The molecule has 1 saturated heterocycles. The van der Waals surface area contributed by atoms with Crippen LogP contribution in [0.2, 0.25) is 0 Å². The summed E-state index contributed by atoms with van der Waals surface area (Å²) in [5.41, 5.74) is 17.7. The Kier molecular flexibility index (Phi) is 28.6. The standard InChI is InChI=1S/C64H68N2O4S2.C33H44BNO4S.C16H16I2O2/c1-61(2,3)39-23-27-49-45(33-39)46-34-40(62(4,5)6)24-28-50(46)65(49)53-37-71-59(57(53)67)43-19-13-15-21-55(43)69-31-17-18-32-70-56-22-16-14-20-44(56)60-58(68)54(38-72-60)66-51-29-25-41(63(7,8)9)35-47(51)48-36-42(64(10,11)12)26-30-52(48)66;1-12-36-20-37-28-27(19-40-29(28)34-38-32(8,9)33(10,11)39-34)35-25-15-13-21(30(2,3)4)17-23(25)24-18-22(31(5,6)7)14-16-26(24)35;17-13-7-1-3-9-15(13)19-11-5-6-12-20-16-10-4-2-8-14(16)18/h13-16,19-30,33-38,67-68H,17-18,31-32H2,1-12H3;13-19H,12,20H2,1-11H3;1-4,7-10H,5-6,11-12H2. The average molecular weight is 2050 g/mol. The van der Waals surface area contributed by atoms with Crippen molar-refractivity contribution in [2.24, 2.45) is 0 Å². The van der Waals surface area contributed by atoms with Crippen molar-refractivity contribution in [3.8, 4) is 78.2 Å². The van der Waals surface area contributed by atoms with Gasteiger partial charge < -0.3 is 61.6 Å². The minimum Gasteiger partial charge on any atom is -0.504 e. The SMILES string of the molecule is CC(C)(C)c1ccc2c(c1)c1cc(C(C)(C)C)ccc1n2-c1csc(-c2ccccc2OCCCCOc2ccccc2-c2scc(-n3c4ccc(C(C)(C)C)cc4c4cc(C(C)(C)C)ccc43)c2O)c1O.CCOCOc1c(-n2c3ccc(C(C)(C)C)cc3c3cc(C(C)(C)C)ccc32)csc1B1OC(C)(C)C(C)(C)O1.Ic1ccccc1OCCCCOc1ccccc1I. The molecule has 0 amide bonds.